The molecular weight excluding hydrogens is 1780 g/mol. The van der Waals surface area contributed by atoms with Crippen molar-refractivity contribution >= 4 is 94.1 Å². The highest BCUT2D eigenvalue weighted by molar-refractivity contribution is 5.91. The van der Waals surface area contributed by atoms with Gasteiger partial charge in [0.15, 0.2) is 11.6 Å². The van der Waals surface area contributed by atoms with Crippen LogP contribution in [0.3, 0.4) is 0 Å². The van der Waals surface area contributed by atoms with Crippen molar-refractivity contribution in [3.63, 3.8) is 0 Å². The van der Waals surface area contributed by atoms with E-state index in [1.807, 2.05) is 0 Å². The van der Waals surface area contributed by atoms with Crippen LogP contribution < -0.4 is 52.4 Å². The lowest BCUT2D eigenvalue weighted by molar-refractivity contribution is -0.144. The van der Waals surface area contributed by atoms with Crippen molar-refractivity contribution in [2.45, 2.75) is 236 Å². The second-order valence-corrected chi connectivity index (χ2v) is 32.9. The largest absolute Gasteiger partial charge is 0.494 e. The van der Waals surface area contributed by atoms with Crippen LogP contribution in [0, 0.1) is 11.8 Å². The third kappa shape index (κ3) is 65.3. The Morgan fingerprint density at radius 3 is 1.30 bits per heavy atom. The average molecular weight is 1930 g/mol. The standard InChI is InChI=1S/C95H148N10O31/c96-80(60-74-61-98-69-104-74)85(111)63-103-81(25-14-16-42-100-89(115)66-132-56-52-128-46-20-24-77(108)65-131-55-53-129-49-43-101-86(112)40-32-73(94(123)124)59-76(107)22-11-7-3-1-5-9-17-47-135-78-34-27-71(28-35-78)92(119)120)83(109)39-31-70(84(110)62-97-64-91(117)118)21-13-15-41-99-88(114)67-134-58-54-130-50-44-102-90(116)68-133-57-51-127-45-19-23-75(106)33-38-82(95(125)126)105-87(113)26-12-8-4-2-6-10-18-48-136-79-36-29-72(30-37-79)93(121)122/h27-30,34-37,61,69-70,73,80-82,97,103H,1-26,31-33,38-60,62-68,96H2,(H,98,104)(H,99,114)(H,100,115)(H,101,112)(H,102,116)(H,105,113)(H,117,118)(H,119,120)(H,121,122)(H,123,124)(H,125,126)/t70-,73+,80-,81-,82+/m0/s1. The Hall–Kier alpha value is -10.5. The molecular formula is C95H148N10O31. The van der Waals surface area contributed by atoms with E-state index in [2.05, 4.69) is 47.2 Å². The summed E-state index contributed by atoms with van der Waals surface area (Å²) < 4.78 is 55.0. The van der Waals surface area contributed by atoms with Crippen molar-refractivity contribution in [1.29, 1.82) is 0 Å². The van der Waals surface area contributed by atoms with E-state index in [4.69, 9.17) is 63.3 Å². The number of Topliss-reactive ketones (excluding diaryl/α,β-unsaturated/α-hetero) is 6. The molecule has 0 unspecified atom stereocenters. The lowest BCUT2D eigenvalue weighted by Gasteiger charge is -2.21. The zero-order valence-electron chi connectivity index (χ0n) is 78.8. The number of aromatic nitrogens is 2. The van der Waals surface area contributed by atoms with Crippen LogP contribution in [0.5, 0.6) is 11.5 Å². The number of benzene rings is 2. The maximum absolute atomic E-state index is 14.0. The Kier molecular flexibility index (Phi) is 69.1. The number of hydrogen-bond acceptors (Lipinski definition) is 30. The number of unbranched alkanes of at least 4 members (excludes halogenated alkanes) is 14. The zero-order chi connectivity index (χ0) is 99.2. The van der Waals surface area contributed by atoms with E-state index in [1.54, 1.807) is 30.5 Å². The van der Waals surface area contributed by atoms with E-state index in [-0.39, 0.29) is 298 Å². The van der Waals surface area contributed by atoms with Gasteiger partial charge in [0.25, 0.3) is 0 Å². The number of amides is 5. The van der Waals surface area contributed by atoms with Crippen LogP contribution in [0.2, 0.25) is 0 Å². The average Bonchev–Trinajstić information content (AvgIpc) is 1.38. The number of imidazole rings is 1. The van der Waals surface area contributed by atoms with E-state index < -0.39 is 72.3 Å². The number of nitrogens with one attached hydrogen (secondary N) is 8. The molecule has 0 aliphatic rings. The van der Waals surface area contributed by atoms with Gasteiger partial charge < -0.3 is 121 Å². The number of rotatable bonds is 94. The molecule has 764 valence electrons. The number of aliphatic carboxylic acids is 3. The van der Waals surface area contributed by atoms with Gasteiger partial charge in [0.1, 0.15) is 67.1 Å². The quantitative estimate of drug-likeness (QED) is 0.0278. The number of nitrogens with two attached hydrogens (primary N) is 1. The van der Waals surface area contributed by atoms with Crippen molar-refractivity contribution in [2.75, 3.05) is 165 Å². The van der Waals surface area contributed by atoms with Gasteiger partial charge in [-0.3, -0.25) is 62.3 Å². The number of nitrogens with zero attached hydrogens (tertiary/aromatic N) is 1. The minimum Gasteiger partial charge on any atom is -0.494 e. The molecule has 2 aromatic carbocycles. The molecule has 0 aliphatic heterocycles. The molecule has 0 saturated carbocycles. The highest BCUT2D eigenvalue weighted by Gasteiger charge is 2.28. The Morgan fingerprint density at radius 1 is 0.346 bits per heavy atom. The number of hydrogen-bond donors (Lipinski definition) is 14. The van der Waals surface area contributed by atoms with E-state index in [0.29, 0.717) is 88.2 Å². The molecule has 3 aromatic rings. The minimum absolute atomic E-state index is 0.0192. The summed E-state index contributed by atoms with van der Waals surface area (Å²) in [7, 11) is 0. The first kappa shape index (κ1) is 120. The predicted molar refractivity (Wildman–Crippen MR) is 496 cm³/mol. The lowest BCUT2D eigenvalue weighted by Crippen LogP contribution is -2.45. The second-order valence-electron chi connectivity index (χ2n) is 32.9. The van der Waals surface area contributed by atoms with Gasteiger partial charge in [0.05, 0.1) is 134 Å². The molecule has 15 N–H and O–H groups in total. The number of carbonyl (C=O) groups excluding carboxylic acids is 11. The van der Waals surface area contributed by atoms with Gasteiger partial charge in [-0.15, -0.1) is 0 Å². The summed E-state index contributed by atoms with van der Waals surface area (Å²) >= 11 is 0. The fourth-order valence-electron chi connectivity index (χ4n) is 13.8. The number of aromatic carboxylic acids is 2. The SMILES string of the molecule is N[C@@H](Cc1cnc[nH]1)C(=O)CN[C@@H](CCCCNC(=O)COCCOCCCC(=O)COCCOCCNC(=O)CC[C@H](CC(=O)CCCCCCCCCOc1ccc(C(=O)O)cc1)C(=O)O)C(=O)CC[C@H](CCCCNC(=O)COCCOCCNC(=O)COCCOCCCC(=O)CC[C@@H](NC(=O)CCCCCCCCCOc1ccc(C(=O)O)cc1)C(=O)O)C(=O)CNCC(=O)O. The second kappa shape index (κ2) is 78.6. The van der Waals surface area contributed by atoms with Crippen molar-refractivity contribution in [1.82, 2.24) is 47.2 Å². The number of carboxylic acids is 5. The summed E-state index contributed by atoms with van der Waals surface area (Å²) in [6.07, 6.45) is 19.6. The molecule has 136 heavy (non-hydrogen) atoms. The van der Waals surface area contributed by atoms with Gasteiger partial charge in [-0.1, -0.05) is 70.6 Å². The molecule has 1 aromatic heterocycles. The number of ether oxygens (including phenoxy) is 10. The summed E-state index contributed by atoms with van der Waals surface area (Å²) in [4.78, 5) is 204. The molecule has 3 rings (SSSR count). The maximum Gasteiger partial charge on any atom is 0.335 e. The number of H-pyrrole nitrogens is 1. The fraction of sp³-hybridized carbons (Fsp3) is 0.674. The molecule has 0 fully saturated rings. The van der Waals surface area contributed by atoms with Crippen LogP contribution >= 0.6 is 0 Å². The van der Waals surface area contributed by atoms with E-state index in [0.717, 1.165) is 77.0 Å². The van der Waals surface area contributed by atoms with Gasteiger partial charge in [-0.2, -0.15) is 0 Å². The van der Waals surface area contributed by atoms with Crippen LogP contribution in [0.25, 0.3) is 0 Å². The third-order valence-electron chi connectivity index (χ3n) is 21.5. The van der Waals surface area contributed by atoms with Crippen LogP contribution in [-0.2, 0) is 111 Å². The summed E-state index contributed by atoms with van der Waals surface area (Å²) in [6.45, 7) is 2.03. The van der Waals surface area contributed by atoms with Crippen LogP contribution in [0.15, 0.2) is 61.1 Å². The monoisotopic (exact) mass is 1930 g/mol. The van der Waals surface area contributed by atoms with Gasteiger partial charge in [0.2, 0.25) is 29.5 Å². The van der Waals surface area contributed by atoms with E-state index >= 15 is 0 Å². The number of carboxylic acid groups (broad SMARTS) is 5. The zero-order valence-corrected chi connectivity index (χ0v) is 78.8. The number of aromatic amines is 1. The van der Waals surface area contributed by atoms with Crippen LogP contribution in [0.1, 0.15) is 238 Å². The maximum atomic E-state index is 14.0. The first-order valence-electron chi connectivity index (χ1n) is 47.6. The normalized spacial score (nSPS) is 12.3. The Morgan fingerprint density at radius 2 is 0.801 bits per heavy atom. The molecule has 41 nitrogen and oxygen atoms in total. The molecule has 41 heteroatoms. The van der Waals surface area contributed by atoms with Crippen LogP contribution in [0.4, 0.5) is 0 Å². The summed E-state index contributed by atoms with van der Waals surface area (Å²) in [5.41, 5.74) is 7.26. The molecule has 5 atom stereocenters. The van der Waals surface area contributed by atoms with Gasteiger partial charge in [-0.05, 0) is 138 Å². The van der Waals surface area contributed by atoms with Gasteiger partial charge >= 0.3 is 29.8 Å². The first-order valence-corrected chi connectivity index (χ1v) is 47.6. The summed E-state index contributed by atoms with van der Waals surface area (Å²) in [6, 6.07) is 9.62. The Balaban J connectivity index is 1.19. The Labute approximate surface area is 795 Å². The van der Waals surface area contributed by atoms with Gasteiger partial charge in [0, 0.05) is 115 Å². The highest BCUT2D eigenvalue weighted by Crippen LogP contribution is 2.22. The third-order valence-corrected chi connectivity index (χ3v) is 21.5. The number of carbonyl (C=O) groups is 16. The van der Waals surface area contributed by atoms with E-state index in [9.17, 15) is 92.0 Å². The molecule has 5 amide bonds. The van der Waals surface area contributed by atoms with Crippen molar-refractivity contribution < 1.29 is 150 Å². The van der Waals surface area contributed by atoms with Crippen molar-refractivity contribution in [2.24, 2.45) is 17.6 Å². The fourth-order valence-corrected chi connectivity index (χ4v) is 13.8. The summed E-state index contributed by atoms with van der Waals surface area (Å²) in [5, 5.41) is 65.6. The molecule has 1 heterocycles. The van der Waals surface area contributed by atoms with Crippen molar-refractivity contribution in [3.05, 3.63) is 77.9 Å². The summed E-state index contributed by atoms with van der Waals surface area (Å²) in [5.74, 6) is -9.12. The highest BCUT2D eigenvalue weighted by atomic mass is 16.5. The van der Waals surface area contributed by atoms with E-state index in [1.165, 1.54) is 30.6 Å². The topological polar surface area (TPSA) is 605 Å². The number of ketones is 6. The van der Waals surface area contributed by atoms with Gasteiger partial charge in [-0.25, -0.2) is 19.4 Å². The van der Waals surface area contributed by atoms with Crippen molar-refractivity contribution in [3.8, 4) is 11.5 Å². The molecule has 0 saturated heterocycles. The first-order chi connectivity index (χ1) is 65.7. The smallest absolute Gasteiger partial charge is 0.335 e. The predicted octanol–water partition coefficient (Wildman–Crippen LogP) is 6.24. The molecule has 0 aliphatic carbocycles. The molecule has 0 radical (unpaired) electrons. The lowest BCUT2D eigenvalue weighted by atomic mass is 9.89. The molecule has 0 spiro atoms. The van der Waals surface area contributed by atoms with Crippen LogP contribution in [-0.4, -0.2) is 312 Å². The molecule has 0 bridgehead atoms. The minimum atomic E-state index is -1.21. The Bertz CT molecular complexity index is 3920.